The van der Waals surface area contributed by atoms with Crippen LogP contribution in [0.25, 0.3) is 0 Å². The molecule has 0 bridgehead atoms. The highest BCUT2D eigenvalue weighted by Crippen LogP contribution is 2.23. The molecule has 0 aliphatic carbocycles. The van der Waals surface area contributed by atoms with Gasteiger partial charge in [0.25, 0.3) is 0 Å². The van der Waals surface area contributed by atoms with E-state index in [1.807, 2.05) is 0 Å². The third kappa shape index (κ3) is 7.22. The molecule has 2 rings (SSSR count). The van der Waals surface area contributed by atoms with Gasteiger partial charge in [0.2, 0.25) is 5.91 Å². The van der Waals surface area contributed by atoms with Crippen LogP contribution in [0.4, 0.5) is 10.6 Å². The van der Waals surface area contributed by atoms with Crippen LogP contribution in [0, 0.1) is 0 Å². The first kappa shape index (κ1) is 23.5. The molecule has 2 heterocycles. The van der Waals surface area contributed by atoms with Gasteiger partial charge in [0, 0.05) is 45.3 Å². The second-order valence-corrected chi connectivity index (χ2v) is 8.00. The van der Waals surface area contributed by atoms with Gasteiger partial charge in [-0.2, -0.15) is 0 Å². The van der Waals surface area contributed by atoms with Gasteiger partial charge in [0.05, 0.1) is 12.4 Å². The summed E-state index contributed by atoms with van der Waals surface area (Å²) in [6.07, 6.45) is 1.71. The highest BCUT2D eigenvalue weighted by molar-refractivity contribution is 7.99. The fourth-order valence-electron chi connectivity index (χ4n) is 3.06. The Kier molecular flexibility index (Phi) is 9.80. The van der Waals surface area contributed by atoms with Crippen LogP contribution < -0.4 is 4.90 Å². The summed E-state index contributed by atoms with van der Waals surface area (Å²) in [6, 6.07) is 1.77. The molecular formula is C19H30ClN5O3S. The maximum atomic E-state index is 12.6. The molecule has 0 spiro atoms. The van der Waals surface area contributed by atoms with E-state index in [9.17, 15) is 9.59 Å². The summed E-state index contributed by atoms with van der Waals surface area (Å²) in [7, 11) is 0. The SMILES string of the molecule is CCCN(CCC)c1cc(Cl)nc(SCC(=O)N2CCN(C(=O)OCC)CC2)n1. The Hall–Kier alpha value is -1.74. The number of hydrogen-bond donors (Lipinski definition) is 0. The third-order valence-corrected chi connectivity index (χ3v) is 5.48. The minimum absolute atomic E-state index is 0.00241. The summed E-state index contributed by atoms with van der Waals surface area (Å²) in [5.41, 5.74) is 0. The standard InChI is InChI=1S/C19H30ClN5O3S/c1-4-7-23(8-5-2)16-13-15(20)21-18(22-16)29-14-17(26)24-9-11-25(12-10-24)19(27)28-6-3/h13H,4-12,14H2,1-3H3. The van der Waals surface area contributed by atoms with Crippen molar-refractivity contribution >= 4 is 41.2 Å². The first-order chi connectivity index (χ1) is 14.0. The van der Waals surface area contributed by atoms with Gasteiger partial charge in [-0.1, -0.05) is 37.2 Å². The maximum Gasteiger partial charge on any atom is 0.409 e. The van der Waals surface area contributed by atoms with Gasteiger partial charge in [0.1, 0.15) is 11.0 Å². The van der Waals surface area contributed by atoms with Crippen molar-refractivity contribution in [3.63, 3.8) is 0 Å². The average molecular weight is 444 g/mol. The smallest absolute Gasteiger partial charge is 0.409 e. The fourth-order valence-corrected chi connectivity index (χ4v) is 4.05. The number of nitrogens with zero attached hydrogens (tertiary/aromatic N) is 5. The number of amides is 2. The summed E-state index contributed by atoms with van der Waals surface area (Å²) >= 11 is 7.48. The van der Waals surface area contributed by atoms with Crippen molar-refractivity contribution < 1.29 is 14.3 Å². The van der Waals surface area contributed by atoms with Crippen molar-refractivity contribution in [3.05, 3.63) is 11.2 Å². The van der Waals surface area contributed by atoms with Gasteiger partial charge in [-0.25, -0.2) is 14.8 Å². The van der Waals surface area contributed by atoms with Crippen LogP contribution in [0.15, 0.2) is 11.2 Å². The Morgan fingerprint density at radius 2 is 1.72 bits per heavy atom. The minimum atomic E-state index is -0.322. The Balaban J connectivity index is 1.91. The Morgan fingerprint density at radius 1 is 1.10 bits per heavy atom. The van der Waals surface area contributed by atoms with Crippen LogP contribution in [-0.2, 0) is 9.53 Å². The normalized spacial score (nSPS) is 14.1. The largest absolute Gasteiger partial charge is 0.450 e. The number of piperazine rings is 1. The zero-order valence-electron chi connectivity index (χ0n) is 17.4. The average Bonchev–Trinajstić information content (AvgIpc) is 2.71. The molecule has 2 amide bonds. The maximum absolute atomic E-state index is 12.6. The molecule has 0 saturated carbocycles. The van der Waals surface area contributed by atoms with E-state index in [0.717, 1.165) is 31.7 Å². The van der Waals surface area contributed by atoms with E-state index in [-0.39, 0.29) is 17.8 Å². The zero-order chi connectivity index (χ0) is 21.2. The molecule has 0 radical (unpaired) electrons. The van der Waals surface area contributed by atoms with Crippen molar-refractivity contribution in [1.29, 1.82) is 0 Å². The van der Waals surface area contributed by atoms with Crippen LogP contribution in [0.5, 0.6) is 0 Å². The molecule has 29 heavy (non-hydrogen) atoms. The molecule has 1 saturated heterocycles. The predicted molar refractivity (Wildman–Crippen MR) is 116 cm³/mol. The molecule has 8 nitrogen and oxygen atoms in total. The number of anilines is 1. The first-order valence-corrected chi connectivity index (χ1v) is 11.5. The van der Waals surface area contributed by atoms with Crippen molar-refractivity contribution in [1.82, 2.24) is 19.8 Å². The monoisotopic (exact) mass is 443 g/mol. The molecule has 0 N–H and O–H groups in total. The fraction of sp³-hybridized carbons (Fsp3) is 0.684. The van der Waals surface area contributed by atoms with E-state index < -0.39 is 0 Å². The number of carbonyl (C=O) groups is 2. The van der Waals surface area contributed by atoms with Gasteiger partial charge in [-0.05, 0) is 19.8 Å². The van der Waals surface area contributed by atoms with Gasteiger partial charge in [-0.15, -0.1) is 0 Å². The first-order valence-electron chi connectivity index (χ1n) is 10.1. The van der Waals surface area contributed by atoms with E-state index in [1.54, 1.807) is 22.8 Å². The number of thioether (sulfide) groups is 1. The Bertz CT molecular complexity index is 680. The Labute approximate surface area is 181 Å². The topological polar surface area (TPSA) is 78.9 Å². The predicted octanol–water partition coefficient (Wildman–Crippen LogP) is 3.15. The number of carbonyl (C=O) groups excluding carboxylic acids is 2. The van der Waals surface area contributed by atoms with E-state index in [4.69, 9.17) is 16.3 Å². The molecule has 1 aromatic heterocycles. The number of ether oxygens (including phenoxy) is 1. The summed E-state index contributed by atoms with van der Waals surface area (Å²) in [6.45, 7) is 10.1. The van der Waals surface area contributed by atoms with Gasteiger partial charge in [0.15, 0.2) is 5.16 Å². The van der Waals surface area contributed by atoms with Crippen LogP contribution in [0.3, 0.4) is 0 Å². The number of aromatic nitrogens is 2. The molecule has 0 unspecified atom stereocenters. The van der Waals surface area contributed by atoms with Gasteiger partial charge in [-0.3, -0.25) is 4.79 Å². The number of rotatable bonds is 9. The van der Waals surface area contributed by atoms with Crippen LogP contribution in [0.1, 0.15) is 33.6 Å². The molecule has 0 aromatic carbocycles. The summed E-state index contributed by atoms with van der Waals surface area (Å²) in [5.74, 6) is 1.04. The quantitative estimate of drug-likeness (QED) is 0.329. The van der Waals surface area contributed by atoms with Crippen LogP contribution >= 0.6 is 23.4 Å². The summed E-state index contributed by atoms with van der Waals surface area (Å²) in [4.78, 5) is 38.7. The zero-order valence-corrected chi connectivity index (χ0v) is 19.0. The van der Waals surface area contributed by atoms with Gasteiger partial charge >= 0.3 is 6.09 Å². The molecule has 162 valence electrons. The molecule has 1 aliphatic rings. The third-order valence-electron chi connectivity index (χ3n) is 4.46. The lowest BCUT2D eigenvalue weighted by Gasteiger charge is -2.34. The highest BCUT2D eigenvalue weighted by Gasteiger charge is 2.25. The van der Waals surface area contributed by atoms with Crippen molar-refractivity contribution in [2.45, 2.75) is 38.8 Å². The van der Waals surface area contributed by atoms with Crippen LogP contribution in [0.2, 0.25) is 5.15 Å². The summed E-state index contributed by atoms with van der Waals surface area (Å²) < 4.78 is 5.01. The molecular weight excluding hydrogens is 414 g/mol. The van der Waals surface area contributed by atoms with Gasteiger partial charge < -0.3 is 19.4 Å². The van der Waals surface area contributed by atoms with E-state index in [0.29, 0.717) is 43.1 Å². The van der Waals surface area contributed by atoms with Crippen molar-refractivity contribution in [2.75, 3.05) is 56.5 Å². The molecule has 1 aliphatic heterocycles. The lowest BCUT2D eigenvalue weighted by Crippen LogP contribution is -2.51. The molecule has 10 heteroatoms. The summed E-state index contributed by atoms with van der Waals surface area (Å²) in [5, 5.41) is 0.883. The van der Waals surface area contributed by atoms with E-state index in [1.165, 1.54) is 11.8 Å². The van der Waals surface area contributed by atoms with E-state index >= 15 is 0 Å². The second kappa shape index (κ2) is 12.1. The lowest BCUT2D eigenvalue weighted by atomic mass is 10.3. The minimum Gasteiger partial charge on any atom is -0.450 e. The van der Waals surface area contributed by atoms with Crippen molar-refractivity contribution in [3.8, 4) is 0 Å². The number of hydrogen-bond acceptors (Lipinski definition) is 7. The number of halogens is 1. The van der Waals surface area contributed by atoms with Crippen LogP contribution in [-0.4, -0.2) is 83.4 Å². The highest BCUT2D eigenvalue weighted by atomic mass is 35.5. The molecule has 1 aromatic rings. The molecule has 1 fully saturated rings. The van der Waals surface area contributed by atoms with Crippen molar-refractivity contribution in [2.24, 2.45) is 0 Å². The Morgan fingerprint density at radius 3 is 2.31 bits per heavy atom. The lowest BCUT2D eigenvalue weighted by molar-refractivity contribution is -0.129. The van der Waals surface area contributed by atoms with E-state index in [2.05, 4.69) is 28.7 Å². The molecule has 0 atom stereocenters. The second-order valence-electron chi connectivity index (χ2n) is 6.67.